The Balaban J connectivity index is 2.53. The SMILES string of the molecule is CSOCCc1ccc(O)c(O)c1. The maximum absolute atomic E-state index is 9.16. The molecular weight excluding hydrogens is 188 g/mol. The lowest BCUT2D eigenvalue weighted by Gasteiger charge is -2.02. The smallest absolute Gasteiger partial charge is 0.157 e. The van der Waals surface area contributed by atoms with E-state index in [4.69, 9.17) is 14.4 Å². The lowest BCUT2D eigenvalue weighted by molar-refractivity contribution is 0.378. The Morgan fingerprint density at radius 1 is 1.31 bits per heavy atom. The molecule has 1 rings (SSSR count). The maximum atomic E-state index is 9.16. The first kappa shape index (κ1) is 10.2. The van der Waals surface area contributed by atoms with E-state index < -0.39 is 0 Å². The predicted molar refractivity (Wildman–Crippen MR) is 52.9 cm³/mol. The van der Waals surface area contributed by atoms with Gasteiger partial charge in [0.2, 0.25) is 0 Å². The van der Waals surface area contributed by atoms with Crippen LogP contribution in [0.15, 0.2) is 18.2 Å². The van der Waals surface area contributed by atoms with Crippen LogP contribution in [0.4, 0.5) is 0 Å². The van der Waals surface area contributed by atoms with Crippen LogP contribution >= 0.6 is 12.0 Å². The first-order valence-electron chi connectivity index (χ1n) is 3.90. The molecule has 13 heavy (non-hydrogen) atoms. The molecule has 1 aromatic carbocycles. The molecule has 0 atom stereocenters. The highest BCUT2D eigenvalue weighted by Gasteiger charge is 2.00. The number of rotatable bonds is 4. The van der Waals surface area contributed by atoms with Gasteiger partial charge in [0, 0.05) is 6.26 Å². The second kappa shape index (κ2) is 4.99. The quantitative estimate of drug-likeness (QED) is 0.443. The van der Waals surface area contributed by atoms with E-state index in [-0.39, 0.29) is 11.5 Å². The number of hydrogen-bond acceptors (Lipinski definition) is 4. The van der Waals surface area contributed by atoms with Gasteiger partial charge in [-0.25, -0.2) is 0 Å². The summed E-state index contributed by atoms with van der Waals surface area (Å²) in [5.74, 6) is -0.170. The van der Waals surface area contributed by atoms with Crippen LogP contribution in [0.3, 0.4) is 0 Å². The summed E-state index contributed by atoms with van der Waals surface area (Å²) < 4.78 is 5.08. The van der Waals surface area contributed by atoms with Crippen molar-refractivity contribution in [3.05, 3.63) is 23.8 Å². The largest absolute Gasteiger partial charge is 0.504 e. The molecule has 0 unspecified atom stereocenters. The summed E-state index contributed by atoms with van der Waals surface area (Å²) in [5.41, 5.74) is 0.948. The van der Waals surface area contributed by atoms with Gasteiger partial charge in [-0.2, -0.15) is 0 Å². The molecule has 0 aliphatic heterocycles. The fraction of sp³-hybridized carbons (Fsp3) is 0.333. The van der Waals surface area contributed by atoms with Gasteiger partial charge in [0.25, 0.3) is 0 Å². The standard InChI is InChI=1S/C9H12O3S/c1-13-12-5-4-7-2-3-8(10)9(11)6-7/h2-3,6,10-11H,4-5H2,1H3. The summed E-state index contributed by atoms with van der Waals surface area (Å²) in [4.78, 5) is 0. The summed E-state index contributed by atoms with van der Waals surface area (Å²) in [7, 11) is 0. The zero-order valence-corrected chi connectivity index (χ0v) is 8.17. The van der Waals surface area contributed by atoms with Crippen molar-refractivity contribution >= 4 is 12.0 Å². The lowest BCUT2D eigenvalue weighted by Crippen LogP contribution is -1.92. The molecule has 0 saturated heterocycles. The first-order valence-corrected chi connectivity index (χ1v) is 5.05. The van der Waals surface area contributed by atoms with Gasteiger partial charge in [-0.1, -0.05) is 6.07 Å². The van der Waals surface area contributed by atoms with Gasteiger partial charge in [0.1, 0.15) is 0 Å². The zero-order valence-electron chi connectivity index (χ0n) is 7.36. The molecule has 2 N–H and O–H groups in total. The third kappa shape index (κ3) is 3.16. The second-order valence-corrected chi connectivity index (χ2v) is 3.13. The van der Waals surface area contributed by atoms with Gasteiger partial charge >= 0.3 is 0 Å². The Morgan fingerprint density at radius 2 is 2.08 bits per heavy atom. The van der Waals surface area contributed by atoms with Crippen molar-refractivity contribution < 1.29 is 14.4 Å². The Hall–Kier alpha value is -0.870. The summed E-state index contributed by atoms with van der Waals surface area (Å²) >= 11 is 1.32. The molecule has 0 aliphatic rings. The zero-order chi connectivity index (χ0) is 9.68. The third-order valence-corrected chi connectivity index (χ3v) is 2.03. The highest BCUT2D eigenvalue weighted by molar-refractivity contribution is 7.93. The van der Waals surface area contributed by atoms with Crippen LogP contribution in [-0.4, -0.2) is 23.1 Å². The van der Waals surface area contributed by atoms with Gasteiger partial charge in [0.15, 0.2) is 11.5 Å². The Bertz CT molecular complexity index is 276. The fourth-order valence-corrected chi connectivity index (χ4v) is 1.22. The van der Waals surface area contributed by atoms with E-state index in [9.17, 15) is 0 Å². The van der Waals surface area contributed by atoms with Crippen molar-refractivity contribution in [3.8, 4) is 11.5 Å². The average molecular weight is 200 g/mol. The molecule has 0 heterocycles. The van der Waals surface area contributed by atoms with Crippen molar-refractivity contribution in [2.45, 2.75) is 6.42 Å². The van der Waals surface area contributed by atoms with Crippen molar-refractivity contribution in [3.63, 3.8) is 0 Å². The fourth-order valence-electron chi connectivity index (χ4n) is 0.967. The maximum Gasteiger partial charge on any atom is 0.157 e. The minimum absolute atomic E-state index is 0.0818. The van der Waals surface area contributed by atoms with Gasteiger partial charge in [-0.3, -0.25) is 0 Å². The van der Waals surface area contributed by atoms with Crippen LogP contribution in [0.2, 0.25) is 0 Å². The molecule has 0 saturated carbocycles. The first-order chi connectivity index (χ1) is 6.24. The molecule has 0 fully saturated rings. The highest BCUT2D eigenvalue weighted by Crippen LogP contribution is 2.24. The minimum Gasteiger partial charge on any atom is -0.504 e. The molecule has 0 aromatic heterocycles. The normalized spacial score (nSPS) is 10.2. The van der Waals surface area contributed by atoms with E-state index >= 15 is 0 Å². The molecule has 1 aromatic rings. The monoisotopic (exact) mass is 200 g/mol. The van der Waals surface area contributed by atoms with Crippen LogP contribution in [0.5, 0.6) is 11.5 Å². The second-order valence-electron chi connectivity index (χ2n) is 2.56. The summed E-state index contributed by atoms with van der Waals surface area (Å²) in [6.45, 7) is 0.603. The minimum atomic E-state index is -0.0884. The number of benzene rings is 1. The molecule has 0 radical (unpaired) electrons. The van der Waals surface area contributed by atoms with Crippen molar-refractivity contribution in [1.29, 1.82) is 0 Å². The van der Waals surface area contributed by atoms with Crippen molar-refractivity contribution in [2.75, 3.05) is 12.9 Å². The molecule has 0 aliphatic carbocycles. The van der Waals surface area contributed by atoms with E-state index in [1.54, 1.807) is 12.1 Å². The van der Waals surface area contributed by atoms with Crippen LogP contribution in [0, 0.1) is 0 Å². The van der Waals surface area contributed by atoms with Crippen LogP contribution in [-0.2, 0) is 10.6 Å². The van der Waals surface area contributed by atoms with Crippen LogP contribution in [0.25, 0.3) is 0 Å². The van der Waals surface area contributed by atoms with Crippen LogP contribution < -0.4 is 0 Å². The molecule has 0 bridgehead atoms. The van der Waals surface area contributed by atoms with E-state index in [1.807, 2.05) is 6.26 Å². The average Bonchev–Trinajstić information content (AvgIpc) is 2.12. The van der Waals surface area contributed by atoms with E-state index in [1.165, 1.54) is 18.1 Å². The number of phenolic OH excluding ortho intramolecular Hbond substituents is 2. The van der Waals surface area contributed by atoms with Gasteiger partial charge < -0.3 is 14.4 Å². The third-order valence-electron chi connectivity index (χ3n) is 1.63. The Kier molecular flexibility index (Phi) is 3.92. The summed E-state index contributed by atoms with van der Waals surface area (Å²) in [6.07, 6.45) is 2.59. The number of hydrogen-bond donors (Lipinski definition) is 2. The van der Waals surface area contributed by atoms with Gasteiger partial charge in [-0.15, -0.1) is 0 Å². The van der Waals surface area contributed by atoms with Crippen LogP contribution in [0.1, 0.15) is 5.56 Å². The highest BCUT2D eigenvalue weighted by atomic mass is 32.2. The Labute approximate surface area is 81.6 Å². The number of phenols is 2. The molecule has 4 heteroatoms. The summed E-state index contributed by atoms with van der Waals surface area (Å²) in [6, 6.07) is 4.78. The molecule has 3 nitrogen and oxygen atoms in total. The lowest BCUT2D eigenvalue weighted by atomic mass is 10.1. The topological polar surface area (TPSA) is 49.7 Å². The molecule has 0 spiro atoms. The molecular formula is C9H12O3S. The molecule has 0 amide bonds. The number of aromatic hydroxyl groups is 2. The molecule has 72 valence electrons. The van der Waals surface area contributed by atoms with Crippen molar-refractivity contribution in [1.82, 2.24) is 0 Å². The van der Waals surface area contributed by atoms with Gasteiger partial charge in [0.05, 0.1) is 6.61 Å². The summed E-state index contributed by atoms with van der Waals surface area (Å²) in [5, 5.41) is 18.2. The van der Waals surface area contributed by atoms with E-state index in [2.05, 4.69) is 0 Å². The van der Waals surface area contributed by atoms with Gasteiger partial charge in [-0.05, 0) is 36.2 Å². The van der Waals surface area contributed by atoms with E-state index in [0.29, 0.717) is 6.61 Å². The van der Waals surface area contributed by atoms with E-state index in [0.717, 1.165) is 12.0 Å². The Morgan fingerprint density at radius 3 is 2.69 bits per heavy atom. The predicted octanol–water partition coefficient (Wildman–Crippen LogP) is 1.93. The van der Waals surface area contributed by atoms with Crippen molar-refractivity contribution in [2.24, 2.45) is 0 Å².